The fourth-order valence-electron chi connectivity index (χ4n) is 2.21. The lowest BCUT2D eigenvalue weighted by atomic mass is 9.81. The van der Waals surface area contributed by atoms with Crippen LogP contribution in [0.15, 0.2) is 23.8 Å². The van der Waals surface area contributed by atoms with Gasteiger partial charge in [-0.15, -0.1) is 0 Å². The molecule has 1 nitrogen and oxygen atoms in total. The molecular formula is C12H16O. The maximum absolute atomic E-state index is 11.1. The van der Waals surface area contributed by atoms with Gasteiger partial charge in [0.2, 0.25) is 0 Å². The predicted octanol–water partition coefficient (Wildman–Crippen LogP) is 3.02. The van der Waals surface area contributed by atoms with Gasteiger partial charge in [0.25, 0.3) is 0 Å². The minimum absolute atomic E-state index is 0.455. The van der Waals surface area contributed by atoms with Crippen molar-refractivity contribution in [3.05, 3.63) is 23.8 Å². The highest BCUT2D eigenvalue weighted by molar-refractivity contribution is 5.79. The molecule has 0 heterocycles. The molecule has 0 aromatic heterocycles. The van der Waals surface area contributed by atoms with E-state index in [0.29, 0.717) is 11.7 Å². The SMILES string of the molecule is O=C1CCC(C2=CCCC=C2)CC1. The summed E-state index contributed by atoms with van der Waals surface area (Å²) in [5.41, 5.74) is 1.48. The van der Waals surface area contributed by atoms with Crippen molar-refractivity contribution in [1.29, 1.82) is 0 Å². The summed E-state index contributed by atoms with van der Waals surface area (Å²) < 4.78 is 0. The largest absolute Gasteiger partial charge is 0.300 e. The van der Waals surface area contributed by atoms with Crippen molar-refractivity contribution in [3.8, 4) is 0 Å². The third kappa shape index (κ3) is 2.09. The van der Waals surface area contributed by atoms with E-state index in [-0.39, 0.29) is 0 Å². The molecule has 0 N–H and O–H groups in total. The molecule has 0 spiro atoms. The van der Waals surface area contributed by atoms with E-state index in [2.05, 4.69) is 18.2 Å². The smallest absolute Gasteiger partial charge is 0.132 e. The Bertz CT molecular complexity index is 250. The third-order valence-electron chi connectivity index (χ3n) is 3.04. The van der Waals surface area contributed by atoms with Crippen LogP contribution >= 0.6 is 0 Å². The van der Waals surface area contributed by atoms with Crippen LogP contribution in [-0.4, -0.2) is 5.78 Å². The lowest BCUT2D eigenvalue weighted by Crippen LogP contribution is -2.15. The van der Waals surface area contributed by atoms with Crippen LogP contribution in [0, 0.1) is 5.92 Å². The van der Waals surface area contributed by atoms with E-state index in [1.165, 1.54) is 18.4 Å². The van der Waals surface area contributed by atoms with Gasteiger partial charge in [0.15, 0.2) is 0 Å². The number of hydrogen-bond donors (Lipinski definition) is 0. The second kappa shape index (κ2) is 3.91. The second-order valence-electron chi connectivity index (χ2n) is 4.00. The zero-order valence-electron chi connectivity index (χ0n) is 7.96. The molecule has 0 saturated heterocycles. The molecule has 0 radical (unpaired) electrons. The maximum Gasteiger partial charge on any atom is 0.132 e. The molecule has 0 amide bonds. The highest BCUT2D eigenvalue weighted by Crippen LogP contribution is 2.30. The van der Waals surface area contributed by atoms with Crippen LogP contribution in [0.1, 0.15) is 38.5 Å². The summed E-state index contributed by atoms with van der Waals surface area (Å²) in [5, 5.41) is 0. The Morgan fingerprint density at radius 1 is 1.15 bits per heavy atom. The first-order valence-corrected chi connectivity index (χ1v) is 5.24. The lowest BCUT2D eigenvalue weighted by Gasteiger charge is -2.23. The third-order valence-corrected chi connectivity index (χ3v) is 3.04. The Hall–Kier alpha value is -0.850. The highest BCUT2D eigenvalue weighted by atomic mass is 16.1. The summed E-state index contributed by atoms with van der Waals surface area (Å²) >= 11 is 0. The van der Waals surface area contributed by atoms with Crippen LogP contribution in [-0.2, 0) is 4.79 Å². The molecule has 0 atom stereocenters. The summed E-state index contributed by atoms with van der Waals surface area (Å²) in [7, 11) is 0. The van der Waals surface area contributed by atoms with E-state index >= 15 is 0 Å². The Labute approximate surface area is 79.5 Å². The van der Waals surface area contributed by atoms with Gasteiger partial charge in [-0.05, 0) is 37.2 Å². The molecule has 0 bridgehead atoms. The second-order valence-corrected chi connectivity index (χ2v) is 4.00. The van der Waals surface area contributed by atoms with Gasteiger partial charge in [0.1, 0.15) is 5.78 Å². The zero-order chi connectivity index (χ0) is 9.10. The van der Waals surface area contributed by atoms with E-state index in [1.54, 1.807) is 0 Å². The van der Waals surface area contributed by atoms with E-state index in [9.17, 15) is 4.79 Å². The van der Waals surface area contributed by atoms with E-state index in [0.717, 1.165) is 25.7 Å². The topological polar surface area (TPSA) is 17.1 Å². The Morgan fingerprint density at radius 2 is 1.92 bits per heavy atom. The van der Waals surface area contributed by atoms with Crippen LogP contribution in [0.25, 0.3) is 0 Å². The predicted molar refractivity (Wildman–Crippen MR) is 53.4 cm³/mol. The normalized spacial score (nSPS) is 24.6. The van der Waals surface area contributed by atoms with Gasteiger partial charge in [0.05, 0.1) is 0 Å². The fraction of sp³-hybridized carbons (Fsp3) is 0.583. The maximum atomic E-state index is 11.1. The standard InChI is InChI=1S/C12H16O/c13-12-8-6-11(7-9-12)10-4-2-1-3-5-10/h2,4-5,11H,1,3,6-9H2. The average Bonchev–Trinajstić information content (AvgIpc) is 2.20. The number of carbonyl (C=O) groups excluding carboxylic acids is 1. The number of hydrogen-bond acceptors (Lipinski definition) is 1. The lowest BCUT2D eigenvalue weighted by molar-refractivity contribution is -0.120. The molecule has 13 heavy (non-hydrogen) atoms. The van der Waals surface area contributed by atoms with Crippen molar-refractivity contribution in [2.24, 2.45) is 5.92 Å². The average molecular weight is 176 g/mol. The zero-order valence-corrected chi connectivity index (χ0v) is 7.96. The molecule has 1 fully saturated rings. The number of ketones is 1. The molecule has 2 rings (SSSR count). The first-order valence-electron chi connectivity index (χ1n) is 5.24. The fourth-order valence-corrected chi connectivity index (χ4v) is 2.21. The van der Waals surface area contributed by atoms with Gasteiger partial charge in [-0.2, -0.15) is 0 Å². The van der Waals surface area contributed by atoms with Crippen molar-refractivity contribution < 1.29 is 4.79 Å². The number of Topliss-reactive ketones (excluding diaryl/α,β-unsaturated/α-hetero) is 1. The number of carbonyl (C=O) groups is 1. The summed E-state index contributed by atoms with van der Waals surface area (Å²) in [6.45, 7) is 0. The van der Waals surface area contributed by atoms with Gasteiger partial charge in [-0.1, -0.05) is 18.2 Å². The minimum atomic E-state index is 0.455. The van der Waals surface area contributed by atoms with Gasteiger partial charge >= 0.3 is 0 Å². The van der Waals surface area contributed by atoms with E-state index < -0.39 is 0 Å². The molecule has 1 saturated carbocycles. The Balaban J connectivity index is 1.97. The van der Waals surface area contributed by atoms with Gasteiger partial charge in [-0.25, -0.2) is 0 Å². The van der Waals surface area contributed by atoms with Crippen molar-refractivity contribution in [3.63, 3.8) is 0 Å². The first kappa shape index (κ1) is 8.74. The van der Waals surface area contributed by atoms with Crippen molar-refractivity contribution in [1.82, 2.24) is 0 Å². The van der Waals surface area contributed by atoms with E-state index in [1.807, 2.05) is 0 Å². The van der Waals surface area contributed by atoms with Crippen LogP contribution in [0.3, 0.4) is 0 Å². The summed E-state index contributed by atoms with van der Waals surface area (Å²) in [5.74, 6) is 1.13. The summed E-state index contributed by atoms with van der Waals surface area (Å²) in [6, 6.07) is 0. The van der Waals surface area contributed by atoms with Crippen LogP contribution in [0.5, 0.6) is 0 Å². The number of allylic oxidation sites excluding steroid dienone is 4. The molecule has 2 aliphatic carbocycles. The number of rotatable bonds is 1. The van der Waals surface area contributed by atoms with Gasteiger partial charge in [-0.3, -0.25) is 4.79 Å². The van der Waals surface area contributed by atoms with Gasteiger partial charge in [0, 0.05) is 12.8 Å². The van der Waals surface area contributed by atoms with Crippen LogP contribution in [0.2, 0.25) is 0 Å². The molecule has 0 aliphatic heterocycles. The Kier molecular flexibility index (Phi) is 2.62. The van der Waals surface area contributed by atoms with Crippen LogP contribution in [0.4, 0.5) is 0 Å². The summed E-state index contributed by atoms with van der Waals surface area (Å²) in [4.78, 5) is 11.1. The first-order chi connectivity index (χ1) is 6.36. The van der Waals surface area contributed by atoms with E-state index in [4.69, 9.17) is 0 Å². The molecular weight excluding hydrogens is 160 g/mol. The Morgan fingerprint density at radius 3 is 2.54 bits per heavy atom. The van der Waals surface area contributed by atoms with Crippen molar-refractivity contribution in [2.75, 3.05) is 0 Å². The molecule has 0 aromatic rings. The molecule has 70 valence electrons. The molecule has 0 unspecified atom stereocenters. The quantitative estimate of drug-likeness (QED) is 0.600. The highest BCUT2D eigenvalue weighted by Gasteiger charge is 2.20. The summed E-state index contributed by atoms with van der Waals surface area (Å²) in [6.07, 6.45) is 13.0. The monoisotopic (exact) mass is 176 g/mol. The van der Waals surface area contributed by atoms with Gasteiger partial charge < -0.3 is 0 Å². The van der Waals surface area contributed by atoms with Crippen molar-refractivity contribution >= 4 is 5.78 Å². The molecule has 1 heteroatoms. The van der Waals surface area contributed by atoms with Crippen molar-refractivity contribution in [2.45, 2.75) is 38.5 Å². The minimum Gasteiger partial charge on any atom is -0.300 e. The van der Waals surface area contributed by atoms with Crippen LogP contribution < -0.4 is 0 Å². The molecule has 2 aliphatic rings. The molecule has 0 aromatic carbocycles.